The lowest BCUT2D eigenvalue weighted by molar-refractivity contribution is 0.0941. The van der Waals surface area contributed by atoms with Crippen LogP contribution >= 0.6 is 0 Å². The van der Waals surface area contributed by atoms with Gasteiger partial charge in [-0.25, -0.2) is 4.98 Å². The summed E-state index contributed by atoms with van der Waals surface area (Å²) in [6, 6.07) is 3.82. The van der Waals surface area contributed by atoms with Gasteiger partial charge in [-0.15, -0.1) is 0 Å². The maximum absolute atomic E-state index is 12.9. The zero-order chi connectivity index (χ0) is 24.4. The van der Waals surface area contributed by atoms with Crippen LogP contribution in [-0.4, -0.2) is 28.1 Å². The van der Waals surface area contributed by atoms with E-state index in [-0.39, 0.29) is 46.2 Å². The van der Waals surface area contributed by atoms with Crippen molar-refractivity contribution in [2.24, 2.45) is 5.92 Å². The molecule has 1 amide bonds. The molecule has 0 atom stereocenters. The van der Waals surface area contributed by atoms with Crippen LogP contribution in [0.2, 0.25) is 0 Å². The number of aromatic nitrogens is 2. The zero-order valence-electron chi connectivity index (χ0n) is 20.8. The lowest BCUT2D eigenvalue weighted by Gasteiger charge is -2.28. The second-order valence-corrected chi connectivity index (χ2v) is 10.7. The highest BCUT2D eigenvalue weighted by atomic mass is 16.5. The Balaban J connectivity index is 2.37. The molecule has 7 heteroatoms. The molecular formula is C25H37N3O4. The second kappa shape index (κ2) is 9.35. The predicted octanol–water partition coefficient (Wildman–Crippen LogP) is 4.21. The number of hydrogen-bond acceptors (Lipinski definition) is 5. The van der Waals surface area contributed by atoms with Gasteiger partial charge in [-0.2, -0.15) is 0 Å². The van der Waals surface area contributed by atoms with Gasteiger partial charge in [0.15, 0.2) is 5.69 Å². The number of hydrogen-bond donors (Lipinski definition) is 3. The third-order valence-electron chi connectivity index (χ3n) is 5.21. The highest BCUT2D eigenvalue weighted by Gasteiger charge is 2.27. The van der Waals surface area contributed by atoms with Crippen LogP contribution in [0.4, 0.5) is 0 Å². The van der Waals surface area contributed by atoms with E-state index in [0.29, 0.717) is 12.1 Å². The molecule has 176 valence electrons. The molecule has 3 N–H and O–H groups in total. The van der Waals surface area contributed by atoms with Crippen LogP contribution in [0.1, 0.15) is 88.3 Å². The number of benzene rings is 1. The number of aromatic amines is 1. The van der Waals surface area contributed by atoms with Crippen molar-refractivity contribution in [2.75, 3.05) is 7.11 Å². The third kappa shape index (κ3) is 5.90. The van der Waals surface area contributed by atoms with E-state index in [0.717, 1.165) is 16.7 Å². The second-order valence-electron chi connectivity index (χ2n) is 10.7. The molecule has 0 fully saturated rings. The fourth-order valence-electron chi connectivity index (χ4n) is 3.51. The standard InChI is InChI=1S/C25H37N3O4/c1-14(2)10-18-21(30)28-19(23(27-18)32-9)22(31)26-13-15-11-16(24(3,4)5)20(29)17(12-15)25(6,7)8/h11-12,14,29H,10,13H2,1-9H3,(H,26,31)(H,28,30). The molecule has 0 spiro atoms. The van der Waals surface area contributed by atoms with Crippen LogP contribution in [0.5, 0.6) is 11.6 Å². The first-order chi connectivity index (χ1) is 14.6. The summed E-state index contributed by atoms with van der Waals surface area (Å²) in [5.41, 5.74) is 1.91. The van der Waals surface area contributed by atoms with Crippen LogP contribution in [0.25, 0.3) is 0 Å². The topological polar surface area (TPSA) is 104 Å². The Morgan fingerprint density at radius 2 is 1.66 bits per heavy atom. The molecule has 0 bridgehead atoms. The van der Waals surface area contributed by atoms with Crippen LogP contribution < -0.4 is 15.6 Å². The summed E-state index contributed by atoms with van der Waals surface area (Å²) in [6.07, 6.45) is 0.492. The summed E-state index contributed by atoms with van der Waals surface area (Å²) in [4.78, 5) is 32.1. The molecule has 0 saturated heterocycles. The highest BCUT2D eigenvalue weighted by Crippen LogP contribution is 2.39. The SMILES string of the molecule is COc1nc(CC(C)C)c(=O)[nH]c1C(=O)NCc1cc(C(C)(C)C)c(O)c(C(C)(C)C)c1. The molecule has 0 aliphatic carbocycles. The maximum Gasteiger partial charge on any atom is 0.273 e. The summed E-state index contributed by atoms with van der Waals surface area (Å²) in [7, 11) is 1.42. The molecule has 32 heavy (non-hydrogen) atoms. The first-order valence-electron chi connectivity index (χ1n) is 11.0. The smallest absolute Gasteiger partial charge is 0.273 e. The van der Waals surface area contributed by atoms with Crippen molar-refractivity contribution in [3.8, 4) is 11.6 Å². The van der Waals surface area contributed by atoms with E-state index in [1.54, 1.807) is 0 Å². The number of methoxy groups -OCH3 is 1. The Morgan fingerprint density at radius 3 is 2.09 bits per heavy atom. The van der Waals surface area contributed by atoms with Crippen LogP contribution in [0, 0.1) is 5.92 Å². The molecule has 0 saturated carbocycles. The number of nitrogens with one attached hydrogen (secondary N) is 2. The van der Waals surface area contributed by atoms with E-state index in [1.807, 2.05) is 67.5 Å². The minimum absolute atomic E-state index is 0.00382. The summed E-state index contributed by atoms with van der Waals surface area (Å²) >= 11 is 0. The fraction of sp³-hybridized carbons (Fsp3) is 0.560. The van der Waals surface area contributed by atoms with Crippen molar-refractivity contribution in [1.82, 2.24) is 15.3 Å². The van der Waals surface area contributed by atoms with Gasteiger partial charge < -0.3 is 20.1 Å². The molecule has 0 radical (unpaired) electrons. The number of amides is 1. The average molecular weight is 444 g/mol. The van der Waals surface area contributed by atoms with Gasteiger partial charge >= 0.3 is 0 Å². The molecule has 0 unspecified atom stereocenters. The highest BCUT2D eigenvalue weighted by molar-refractivity contribution is 5.94. The predicted molar refractivity (Wildman–Crippen MR) is 127 cm³/mol. The van der Waals surface area contributed by atoms with Gasteiger partial charge in [0.25, 0.3) is 11.5 Å². The molecule has 0 aliphatic heterocycles. The van der Waals surface area contributed by atoms with Gasteiger partial charge in [-0.05, 0) is 52.0 Å². The van der Waals surface area contributed by atoms with E-state index in [2.05, 4.69) is 15.3 Å². The first-order valence-corrected chi connectivity index (χ1v) is 11.0. The lowest BCUT2D eigenvalue weighted by atomic mass is 9.78. The van der Waals surface area contributed by atoms with Crippen LogP contribution in [0.15, 0.2) is 16.9 Å². The minimum atomic E-state index is -0.481. The number of carbonyl (C=O) groups is 1. The van der Waals surface area contributed by atoms with Crippen molar-refractivity contribution in [3.63, 3.8) is 0 Å². The number of rotatable bonds is 6. The van der Waals surface area contributed by atoms with Crippen LogP contribution in [-0.2, 0) is 23.8 Å². The molecule has 1 aromatic heterocycles. The van der Waals surface area contributed by atoms with Crippen molar-refractivity contribution in [1.29, 1.82) is 0 Å². The van der Waals surface area contributed by atoms with E-state index < -0.39 is 5.91 Å². The Hall–Kier alpha value is -2.83. The van der Waals surface area contributed by atoms with Gasteiger partial charge in [-0.1, -0.05) is 55.4 Å². The first kappa shape index (κ1) is 25.4. The van der Waals surface area contributed by atoms with Gasteiger partial charge in [-0.3, -0.25) is 9.59 Å². The Kier molecular flexibility index (Phi) is 7.43. The van der Waals surface area contributed by atoms with Gasteiger partial charge in [0, 0.05) is 6.54 Å². The summed E-state index contributed by atoms with van der Waals surface area (Å²) in [6.45, 7) is 16.4. The van der Waals surface area contributed by atoms with E-state index in [1.165, 1.54) is 7.11 Å². The monoisotopic (exact) mass is 443 g/mol. The number of ether oxygens (including phenoxy) is 1. The number of phenolic OH excluding ortho intramolecular Hbond substituents is 1. The van der Waals surface area contributed by atoms with Crippen molar-refractivity contribution >= 4 is 5.91 Å². The number of phenols is 1. The molecule has 1 aromatic carbocycles. The van der Waals surface area contributed by atoms with E-state index in [9.17, 15) is 14.7 Å². The molecular weight excluding hydrogens is 406 g/mol. The quantitative estimate of drug-likeness (QED) is 0.620. The largest absolute Gasteiger partial charge is 0.507 e. The van der Waals surface area contributed by atoms with E-state index >= 15 is 0 Å². The summed E-state index contributed by atoms with van der Waals surface area (Å²) in [5.74, 6) is 0.145. The summed E-state index contributed by atoms with van der Waals surface area (Å²) in [5, 5.41) is 13.7. The Morgan fingerprint density at radius 1 is 1.12 bits per heavy atom. The lowest BCUT2D eigenvalue weighted by Crippen LogP contribution is -2.29. The fourth-order valence-corrected chi connectivity index (χ4v) is 3.51. The van der Waals surface area contributed by atoms with Crippen LogP contribution in [0.3, 0.4) is 0 Å². The summed E-state index contributed by atoms with van der Waals surface area (Å²) < 4.78 is 5.26. The van der Waals surface area contributed by atoms with Gasteiger partial charge in [0.1, 0.15) is 11.4 Å². The maximum atomic E-state index is 12.9. The molecule has 2 rings (SSSR count). The molecule has 2 aromatic rings. The molecule has 1 heterocycles. The third-order valence-corrected chi connectivity index (χ3v) is 5.21. The van der Waals surface area contributed by atoms with Crippen molar-refractivity contribution in [2.45, 2.75) is 79.2 Å². The van der Waals surface area contributed by atoms with Crippen molar-refractivity contribution in [3.05, 3.63) is 50.6 Å². The molecule has 0 aliphatic rings. The normalized spacial score (nSPS) is 12.2. The minimum Gasteiger partial charge on any atom is -0.507 e. The van der Waals surface area contributed by atoms with Gasteiger partial charge in [0.05, 0.1) is 7.11 Å². The number of aromatic hydroxyl groups is 1. The van der Waals surface area contributed by atoms with E-state index in [4.69, 9.17) is 4.74 Å². The number of carbonyl (C=O) groups excluding carboxylic acids is 1. The van der Waals surface area contributed by atoms with Gasteiger partial charge in [0.2, 0.25) is 5.88 Å². The van der Waals surface area contributed by atoms with Crippen molar-refractivity contribution < 1.29 is 14.6 Å². The number of H-pyrrole nitrogens is 1. The Labute approximate surface area is 190 Å². The number of nitrogens with zero attached hydrogens (tertiary/aromatic N) is 1. The average Bonchev–Trinajstić information content (AvgIpc) is 2.65. The Bertz CT molecular complexity index is 1010. The zero-order valence-corrected chi connectivity index (χ0v) is 20.8. The molecule has 7 nitrogen and oxygen atoms in total.